The van der Waals surface area contributed by atoms with Gasteiger partial charge in [0, 0.05) is 64.1 Å². The molecule has 1 saturated heterocycles. The van der Waals surface area contributed by atoms with E-state index < -0.39 is 5.41 Å². The molecule has 2 heterocycles. The number of hydrogen-bond donors (Lipinski definition) is 2. The van der Waals surface area contributed by atoms with Gasteiger partial charge in [-0.05, 0) is 79.1 Å². The second-order valence-corrected chi connectivity index (χ2v) is 12.0. The molecule has 11 heteroatoms. The zero-order valence-electron chi connectivity index (χ0n) is 25.5. The third kappa shape index (κ3) is 5.50. The van der Waals surface area contributed by atoms with Crippen molar-refractivity contribution in [2.75, 3.05) is 41.3 Å². The maximum atomic E-state index is 13.0. The highest BCUT2D eigenvalue weighted by molar-refractivity contribution is 5.95. The normalized spacial score (nSPS) is 17.4. The molecular formula is C32H39N9O2. The van der Waals surface area contributed by atoms with E-state index in [9.17, 15) is 14.9 Å². The van der Waals surface area contributed by atoms with Gasteiger partial charge in [0.2, 0.25) is 0 Å². The maximum Gasteiger partial charge on any atom is 0.253 e. The predicted molar refractivity (Wildman–Crippen MR) is 162 cm³/mol. The fraction of sp³-hybridized carbons (Fsp3) is 0.438. The number of hydrogen-bond acceptors (Lipinski definition) is 8. The average molecular weight is 582 g/mol. The molecule has 224 valence electrons. The summed E-state index contributed by atoms with van der Waals surface area (Å²) >= 11 is 0. The number of carbonyl (C=O) groups excluding carboxylic acids is 2. The van der Waals surface area contributed by atoms with Gasteiger partial charge in [0.15, 0.2) is 5.82 Å². The number of tetrazole rings is 1. The monoisotopic (exact) mass is 581 g/mol. The van der Waals surface area contributed by atoms with Crippen LogP contribution < -0.4 is 5.32 Å². The lowest BCUT2D eigenvalue weighted by molar-refractivity contribution is 0.0820. The average Bonchev–Trinajstić information content (AvgIpc) is 3.71. The first-order chi connectivity index (χ1) is 20.6. The number of carbonyl (C=O) groups is 2. The van der Waals surface area contributed by atoms with Crippen LogP contribution in [0.1, 0.15) is 75.0 Å². The third-order valence-electron chi connectivity index (χ3n) is 8.62. The van der Waals surface area contributed by atoms with E-state index in [0.29, 0.717) is 36.3 Å². The van der Waals surface area contributed by atoms with Gasteiger partial charge >= 0.3 is 0 Å². The van der Waals surface area contributed by atoms with Crippen molar-refractivity contribution in [3.63, 3.8) is 0 Å². The Morgan fingerprint density at radius 1 is 1.12 bits per heavy atom. The summed E-state index contributed by atoms with van der Waals surface area (Å²) in [5.41, 5.74) is 5.22. The first-order valence-corrected chi connectivity index (χ1v) is 14.6. The van der Waals surface area contributed by atoms with Crippen molar-refractivity contribution >= 4 is 11.8 Å². The summed E-state index contributed by atoms with van der Waals surface area (Å²) in [4.78, 5) is 31.1. The van der Waals surface area contributed by atoms with Crippen LogP contribution in [0.5, 0.6) is 0 Å². The number of benzene rings is 2. The van der Waals surface area contributed by atoms with Crippen molar-refractivity contribution in [1.29, 1.82) is 5.26 Å². The van der Waals surface area contributed by atoms with Gasteiger partial charge in [0.05, 0.1) is 11.5 Å². The number of likely N-dealkylation sites (tertiary alicyclic amines) is 1. The molecule has 3 aromatic rings. The molecule has 1 aliphatic carbocycles. The van der Waals surface area contributed by atoms with Gasteiger partial charge in [-0.15, -0.1) is 10.2 Å². The Hall–Kier alpha value is -4.56. The highest BCUT2D eigenvalue weighted by Gasteiger charge is 2.47. The summed E-state index contributed by atoms with van der Waals surface area (Å²) in [5, 5.41) is 28.8. The van der Waals surface area contributed by atoms with Gasteiger partial charge in [-0.25, -0.2) is 0 Å². The Morgan fingerprint density at radius 2 is 1.72 bits per heavy atom. The van der Waals surface area contributed by atoms with Crippen molar-refractivity contribution in [3.8, 4) is 6.07 Å². The first kappa shape index (κ1) is 29.9. The number of amides is 2. The van der Waals surface area contributed by atoms with Crippen LogP contribution in [0.15, 0.2) is 48.7 Å². The van der Waals surface area contributed by atoms with E-state index in [1.54, 1.807) is 38.0 Å². The molecule has 0 saturated carbocycles. The lowest BCUT2D eigenvalue weighted by Crippen LogP contribution is -2.43. The number of nitrogens with one attached hydrogen (secondary N) is 2. The predicted octanol–water partition coefficient (Wildman–Crippen LogP) is 2.71. The van der Waals surface area contributed by atoms with Crippen molar-refractivity contribution in [3.05, 3.63) is 87.9 Å². The maximum absolute atomic E-state index is 13.0. The highest BCUT2D eigenvalue weighted by atomic mass is 16.2. The van der Waals surface area contributed by atoms with Gasteiger partial charge < -0.3 is 20.0 Å². The number of aromatic amines is 1. The fourth-order valence-electron chi connectivity index (χ4n) is 6.54. The van der Waals surface area contributed by atoms with Crippen LogP contribution in [-0.2, 0) is 11.8 Å². The van der Waals surface area contributed by atoms with Gasteiger partial charge in [0.1, 0.15) is 6.04 Å². The SMILES string of the molecule is C=C(CN[C@H](C)CC1(c2nn[nH]n2)c2ccc(C(=O)N(C)C)cc2Cc2cc(C(=O)N(C)C)ccc21)N1CCCC1C#N. The highest BCUT2D eigenvalue weighted by Crippen LogP contribution is 2.48. The van der Waals surface area contributed by atoms with E-state index in [0.717, 1.165) is 47.3 Å². The Morgan fingerprint density at radius 3 is 2.23 bits per heavy atom. The van der Waals surface area contributed by atoms with Gasteiger partial charge in [-0.3, -0.25) is 9.59 Å². The van der Waals surface area contributed by atoms with E-state index in [1.807, 2.05) is 36.4 Å². The molecule has 2 atom stereocenters. The van der Waals surface area contributed by atoms with E-state index in [2.05, 4.69) is 50.4 Å². The Balaban J connectivity index is 1.58. The van der Waals surface area contributed by atoms with Crippen molar-refractivity contribution in [2.24, 2.45) is 0 Å². The van der Waals surface area contributed by atoms with Crippen LogP contribution >= 0.6 is 0 Å². The second-order valence-electron chi connectivity index (χ2n) is 12.0. The largest absolute Gasteiger partial charge is 0.358 e. The van der Waals surface area contributed by atoms with Crippen LogP contribution in [0, 0.1) is 11.3 Å². The molecular weight excluding hydrogens is 542 g/mol. The lowest BCUT2D eigenvalue weighted by Gasteiger charge is -2.41. The van der Waals surface area contributed by atoms with Gasteiger partial charge in [0.25, 0.3) is 11.8 Å². The molecule has 2 N–H and O–H groups in total. The quantitative estimate of drug-likeness (QED) is 0.394. The molecule has 1 aromatic heterocycles. The van der Waals surface area contributed by atoms with Crippen LogP contribution in [0.3, 0.4) is 0 Å². The standard InChI is InChI=1S/C32H39N9O2/c1-20(34-19-21(2)41-13-7-8-26(41)18-33)17-32(31-35-37-38-36-31)27-11-9-22(29(42)39(3)4)14-24(27)16-25-15-23(10-12-28(25)32)30(43)40(5)6/h9-12,14-15,20,26,34H,2,7-8,13,16-17,19H2,1,3-6H3,(H,35,36,37,38)/t20-,26?/m1/s1. The molecule has 0 radical (unpaired) electrons. The minimum Gasteiger partial charge on any atom is -0.358 e. The fourth-order valence-corrected chi connectivity index (χ4v) is 6.54. The van der Waals surface area contributed by atoms with Crippen molar-refractivity contribution in [2.45, 2.75) is 50.1 Å². The van der Waals surface area contributed by atoms with Gasteiger partial charge in [-0.1, -0.05) is 23.9 Å². The molecule has 11 nitrogen and oxygen atoms in total. The van der Waals surface area contributed by atoms with E-state index in [1.165, 1.54) is 0 Å². The molecule has 1 aliphatic heterocycles. The Labute approximate surface area is 252 Å². The Kier molecular flexibility index (Phi) is 8.33. The molecule has 43 heavy (non-hydrogen) atoms. The van der Waals surface area contributed by atoms with Crippen molar-refractivity contribution < 1.29 is 9.59 Å². The molecule has 1 fully saturated rings. The van der Waals surface area contributed by atoms with Gasteiger partial charge in [-0.2, -0.15) is 10.5 Å². The first-order valence-electron chi connectivity index (χ1n) is 14.6. The van der Waals surface area contributed by atoms with Crippen LogP contribution in [-0.4, -0.2) is 101 Å². The second kappa shape index (κ2) is 12.0. The topological polar surface area (TPSA) is 134 Å². The number of nitriles is 1. The van der Waals surface area contributed by atoms with Crippen LogP contribution in [0.25, 0.3) is 0 Å². The number of nitrogens with zero attached hydrogens (tertiary/aromatic N) is 7. The lowest BCUT2D eigenvalue weighted by atomic mass is 9.62. The van der Waals surface area contributed by atoms with E-state index in [-0.39, 0.29) is 23.9 Å². The molecule has 2 aliphatic rings. The summed E-state index contributed by atoms with van der Waals surface area (Å²) in [6.07, 6.45) is 2.97. The van der Waals surface area contributed by atoms with E-state index >= 15 is 0 Å². The third-order valence-corrected chi connectivity index (χ3v) is 8.62. The summed E-state index contributed by atoms with van der Waals surface area (Å²) in [6.45, 7) is 7.76. The van der Waals surface area contributed by atoms with Crippen molar-refractivity contribution in [1.82, 2.24) is 40.6 Å². The zero-order valence-corrected chi connectivity index (χ0v) is 25.5. The minimum atomic E-state index is -0.814. The smallest absolute Gasteiger partial charge is 0.253 e. The molecule has 2 aromatic carbocycles. The van der Waals surface area contributed by atoms with Crippen LogP contribution in [0.2, 0.25) is 0 Å². The molecule has 0 bridgehead atoms. The summed E-state index contributed by atoms with van der Waals surface area (Å²) in [7, 11) is 6.95. The number of rotatable bonds is 9. The zero-order chi connectivity index (χ0) is 30.9. The van der Waals surface area contributed by atoms with E-state index in [4.69, 9.17) is 0 Å². The molecule has 5 rings (SSSR count). The minimum absolute atomic E-state index is 0.0386. The number of H-pyrrole nitrogens is 1. The molecule has 1 unspecified atom stereocenters. The summed E-state index contributed by atoms with van der Waals surface area (Å²) in [5.74, 6) is 0.354. The number of aromatic nitrogens is 4. The summed E-state index contributed by atoms with van der Waals surface area (Å²) < 4.78 is 0. The summed E-state index contributed by atoms with van der Waals surface area (Å²) in [6, 6.07) is 13.9. The molecule has 0 spiro atoms. The van der Waals surface area contributed by atoms with Crippen LogP contribution in [0.4, 0.5) is 0 Å². The Bertz CT molecular complexity index is 1500. The molecule has 2 amide bonds. The number of fused-ring (bicyclic) bond motifs is 2.